The van der Waals surface area contributed by atoms with Crippen LogP contribution in [-0.2, 0) is 14.3 Å². The van der Waals surface area contributed by atoms with Crippen LogP contribution in [0.25, 0.3) is 11.0 Å². The summed E-state index contributed by atoms with van der Waals surface area (Å²) in [7, 11) is 1.39. The molecule has 0 saturated carbocycles. The number of ether oxygens (including phenoxy) is 3. The van der Waals surface area contributed by atoms with Gasteiger partial charge in [-0.2, -0.15) is 0 Å². The fourth-order valence-corrected chi connectivity index (χ4v) is 3.39. The van der Waals surface area contributed by atoms with Crippen molar-refractivity contribution < 1.29 is 38.7 Å². The number of fused-ring (bicyclic) bond motifs is 1. The highest BCUT2D eigenvalue weighted by atomic mass is 16.7. The number of hydrogen-bond acceptors (Lipinski definition) is 9. The largest absolute Gasteiger partial charge is 0.507 e. The summed E-state index contributed by atoms with van der Waals surface area (Å²) in [6.45, 7) is 4.58. The number of nitrogens with one attached hydrogen (secondary N) is 1. The molecule has 4 N–H and O–H groups in total. The molecule has 10 heteroatoms. The van der Waals surface area contributed by atoms with Gasteiger partial charge in [0, 0.05) is 26.2 Å². The van der Waals surface area contributed by atoms with E-state index in [-0.39, 0.29) is 22.4 Å². The van der Waals surface area contributed by atoms with Crippen LogP contribution in [0.1, 0.15) is 20.8 Å². The van der Waals surface area contributed by atoms with Crippen molar-refractivity contribution in [3.8, 4) is 11.5 Å². The lowest BCUT2D eigenvalue weighted by Crippen LogP contribution is -2.63. The normalized spacial score (nSPS) is 26.3. The number of benzene rings is 1. The number of rotatable bonds is 4. The van der Waals surface area contributed by atoms with Crippen molar-refractivity contribution in [1.29, 1.82) is 0 Å². The van der Waals surface area contributed by atoms with E-state index in [2.05, 4.69) is 5.32 Å². The summed E-state index contributed by atoms with van der Waals surface area (Å²) < 4.78 is 21.9. The lowest BCUT2D eigenvalue weighted by molar-refractivity contribution is -0.305. The van der Waals surface area contributed by atoms with Crippen molar-refractivity contribution >= 4 is 22.6 Å². The first-order valence-electron chi connectivity index (χ1n) is 8.84. The Morgan fingerprint density at radius 2 is 1.93 bits per heavy atom. The third-order valence-electron chi connectivity index (χ3n) is 4.69. The molecule has 0 radical (unpaired) electrons. The standard InChI is InChI=1S/C19H23NO9/c1-8(21)20-10-7-27-12-6-9(5-11(22)13(12)14(10)23)28-18-16(25)15(24)17(26-4)19(2,3)29-18/h5-7,15-18,22,24-25H,1-4H3,(H,20,21)/t15-,16+,17+,18+/m0/s1. The zero-order valence-corrected chi connectivity index (χ0v) is 16.3. The Morgan fingerprint density at radius 1 is 1.24 bits per heavy atom. The number of methoxy groups -OCH3 is 1. The van der Waals surface area contributed by atoms with Gasteiger partial charge in [0.1, 0.15) is 52.7 Å². The second-order valence-electron chi connectivity index (χ2n) is 7.32. The Hall–Kier alpha value is -2.66. The van der Waals surface area contributed by atoms with E-state index in [1.54, 1.807) is 13.8 Å². The van der Waals surface area contributed by atoms with Crippen LogP contribution in [0.15, 0.2) is 27.6 Å². The molecule has 0 spiro atoms. The zero-order chi connectivity index (χ0) is 21.5. The molecule has 1 saturated heterocycles. The predicted octanol–water partition coefficient (Wildman–Crippen LogP) is 0.707. The number of carbonyl (C=O) groups excluding carboxylic acids is 1. The van der Waals surface area contributed by atoms with Crippen molar-refractivity contribution in [2.45, 2.75) is 51.0 Å². The molecule has 158 valence electrons. The Balaban J connectivity index is 1.93. The average Bonchev–Trinajstić information content (AvgIpc) is 2.61. The molecule has 1 fully saturated rings. The third-order valence-corrected chi connectivity index (χ3v) is 4.69. The summed E-state index contributed by atoms with van der Waals surface area (Å²) in [5.41, 5.74) is -1.72. The van der Waals surface area contributed by atoms with Crippen molar-refractivity contribution in [2.75, 3.05) is 12.4 Å². The molecule has 10 nitrogen and oxygen atoms in total. The highest BCUT2D eigenvalue weighted by Gasteiger charge is 2.50. The lowest BCUT2D eigenvalue weighted by Gasteiger charge is -2.46. The summed E-state index contributed by atoms with van der Waals surface area (Å²) in [6.07, 6.45) is -3.71. The molecule has 2 heterocycles. The van der Waals surface area contributed by atoms with E-state index in [4.69, 9.17) is 18.6 Å². The van der Waals surface area contributed by atoms with Crippen molar-refractivity contribution in [2.24, 2.45) is 0 Å². The van der Waals surface area contributed by atoms with Crippen LogP contribution in [0.5, 0.6) is 11.5 Å². The molecule has 1 aliphatic rings. The summed E-state index contributed by atoms with van der Waals surface area (Å²) in [5, 5.41) is 33.1. The molecular weight excluding hydrogens is 386 g/mol. The highest BCUT2D eigenvalue weighted by molar-refractivity contribution is 5.92. The van der Waals surface area contributed by atoms with Crippen LogP contribution in [0.2, 0.25) is 0 Å². The minimum Gasteiger partial charge on any atom is -0.507 e. The Kier molecular flexibility index (Phi) is 5.54. The van der Waals surface area contributed by atoms with Gasteiger partial charge in [-0.3, -0.25) is 9.59 Å². The molecule has 29 heavy (non-hydrogen) atoms. The van der Waals surface area contributed by atoms with E-state index in [0.717, 1.165) is 12.3 Å². The number of anilines is 1. The molecule has 4 atom stereocenters. The minimum atomic E-state index is -1.43. The zero-order valence-electron chi connectivity index (χ0n) is 16.3. The number of aliphatic hydroxyl groups is 2. The van der Waals surface area contributed by atoms with E-state index in [0.29, 0.717) is 0 Å². The monoisotopic (exact) mass is 409 g/mol. The van der Waals surface area contributed by atoms with Gasteiger partial charge >= 0.3 is 0 Å². The molecular formula is C19H23NO9. The molecule has 2 aromatic rings. The van der Waals surface area contributed by atoms with Gasteiger partial charge in [-0.25, -0.2) is 0 Å². The molecule has 0 unspecified atom stereocenters. The molecule has 1 amide bonds. The lowest BCUT2D eigenvalue weighted by atomic mass is 9.89. The average molecular weight is 409 g/mol. The Morgan fingerprint density at radius 3 is 2.55 bits per heavy atom. The van der Waals surface area contributed by atoms with Crippen LogP contribution in [0, 0.1) is 0 Å². The number of aromatic hydroxyl groups is 1. The van der Waals surface area contributed by atoms with E-state index < -0.39 is 47.3 Å². The van der Waals surface area contributed by atoms with E-state index in [1.807, 2.05) is 0 Å². The van der Waals surface area contributed by atoms with E-state index >= 15 is 0 Å². The van der Waals surface area contributed by atoms with Gasteiger partial charge in [0.05, 0.1) is 5.60 Å². The van der Waals surface area contributed by atoms with Crippen molar-refractivity contribution in [3.05, 3.63) is 28.6 Å². The summed E-state index contributed by atoms with van der Waals surface area (Å²) in [5.74, 6) is -0.873. The fourth-order valence-electron chi connectivity index (χ4n) is 3.39. The number of phenolic OH excluding ortho intramolecular Hbond substituents is 1. The van der Waals surface area contributed by atoms with Crippen LogP contribution >= 0.6 is 0 Å². The SMILES string of the molecule is CO[C@@H]1[C@@H](O)[C@@H](O)[C@H](Oc2cc(O)c3c(=O)c(NC(C)=O)coc3c2)OC1(C)C. The van der Waals surface area contributed by atoms with Gasteiger partial charge in [0.2, 0.25) is 17.6 Å². The van der Waals surface area contributed by atoms with Crippen LogP contribution < -0.4 is 15.5 Å². The van der Waals surface area contributed by atoms with Crippen LogP contribution in [0.4, 0.5) is 5.69 Å². The maximum absolute atomic E-state index is 12.4. The van der Waals surface area contributed by atoms with Gasteiger partial charge in [-0.1, -0.05) is 0 Å². The van der Waals surface area contributed by atoms with E-state index in [9.17, 15) is 24.9 Å². The van der Waals surface area contributed by atoms with Crippen molar-refractivity contribution in [3.63, 3.8) is 0 Å². The first kappa shape index (κ1) is 21.1. The second-order valence-corrected chi connectivity index (χ2v) is 7.32. The summed E-state index contributed by atoms with van der Waals surface area (Å²) in [4.78, 5) is 23.6. The quantitative estimate of drug-likeness (QED) is 0.573. The number of aliphatic hydroxyl groups excluding tert-OH is 2. The van der Waals surface area contributed by atoms with Crippen LogP contribution in [-0.4, -0.2) is 58.5 Å². The first-order chi connectivity index (χ1) is 13.5. The minimum absolute atomic E-state index is 0.000946. The number of phenols is 1. The molecule has 1 aromatic carbocycles. The van der Waals surface area contributed by atoms with E-state index in [1.165, 1.54) is 20.1 Å². The smallest absolute Gasteiger partial charge is 0.229 e. The summed E-state index contributed by atoms with van der Waals surface area (Å²) in [6, 6.07) is 2.47. The first-order valence-corrected chi connectivity index (χ1v) is 8.84. The van der Waals surface area contributed by atoms with Gasteiger partial charge in [-0.05, 0) is 13.8 Å². The highest BCUT2D eigenvalue weighted by Crippen LogP contribution is 2.35. The van der Waals surface area contributed by atoms with Crippen LogP contribution in [0.3, 0.4) is 0 Å². The summed E-state index contributed by atoms with van der Waals surface area (Å²) >= 11 is 0. The molecule has 3 rings (SSSR count). The van der Waals surface area contributed by atoms with Gasteiger partial charge in [-0.15, -0.1) is 0 Å². The van der Waals surface area contributed by atoms with Crippen molar-refractivity contribution in [1.82, 2.24) is 0 Å². The molecule has 1 aromatic heterocycles. The van der Waals surface area contributed by atoms with Gasteiger partial charge in [0.25, 0.3) is 0 Å². The predicted molar refractivity (Wildman–Crippen MR) is 101 cm³/mol. The molecule has 0 aliphatic carbocycles. The molecule has 1 aliphatic heterocycles. The topological polar surface area (TPSA) is 148 Å². The maximum atomic E-state index is 12.4. The Bertz CT molecular complexity index is 984. The number of amides is 1. The second kappa shape index (κ2) is 7.64. The maximum Gasteiger partial charge on any atom is 0.229 e. The third kappa shape index (κ3) is 3.92. The van der Waals surface area contributed by atoms with Gasteiger partial charge < -0.3 is 39.3 Å². The molecule has 0 bridgehead atoms. The fraction of sp³-hybridized carbons (Fsp3) is 0.474. The van der Waals surface area contributed by atoms with Gasteiger partial charge in [0.15, 0.2) is 0 Å². The Labute approximate surface area is 165 Å². The number of carbonyl (C=O) groups is 1. The number of hydrogen-bond donors (Lipinski definition) is 4.